The van der Waals surface area contributed by atoms with Crippen molar-refractivity contribution in [2.24, 2.45) is 0 Å². The fourth-order valence-corrected chi connectivity index (χ4v) is 7.48. The monoisotopic (exact) mass is 664 g/mol. The third-order valence-corrected chi connectivity index (χ3v) is 9.91. The summed E-state index contributed by atoms with van der Waals surface area (Å²) in [7, 11) is 0. The van der Waals surface area contributed by atoms with E-state index in [2.05, 4.69) is 12.1 Å². The Bertz CT molecular complexity index is 3270. The Balaban J connectivity index is 1.20. The summed E-state index contributed by atoms with van der Waals surface area (Å²) in [5.41, 5.74) is 6.37. The molecule has 0 saturated heterocycles. The van der Waals surface area contributed by atoms with Crippen LogP contribution in [0.3, 0.4) is 0 Å². The Morgan fingerprint density at radius 3 is 2.02 bits per heavy atom. The van der Waals surface area contributed by atoms with E-state index in [1.807, 2.05) is 97.1 Å². The molecule has 0 unspecified atom stereocenters. The number of rotatable bonds is 5. The second-order valence-electron chi connectivity index (χ2n) is 11.9. The van der Waals surface area contributed by atoms with Crippen molar-refractivity contribution < 1.29 is 14.0 Å². The second kappa shape index (κ2) is 11.6. The van der Waals surface area contributed by atoms with E-state index in [1.54, 1.807) is 12.1 Å². The molecule has 3 aromatic heterocycles. The van der Waals surface area contributed by atoms with Crippen LogP contribution in [0.2, 0.25) is 0 Å². The Morgan fingerprint density at radius 2 is 1.12 bits per heavy atom. The third-order valence-electron chi connectivity index (χ3n) is 8.89. The first-order valence-corrected chi connectivity index (χ1v) is 16.8. The summed E-state index contributed by atoms with van der Waals surface area (Å²) in [6, 6.07) is 37.2. The van der Waals surface area contributed by atoms with Gasteiger partial charge in [0, 0.05) is 42.1 Å². The van der Waals surface area contributed by atoms with Crippen LogP contribution >= 0.6 is 11.3 Å². The van der Waals surface area contributed by atoms with Crippen LogP contribution in [0.15, 0.2) is 168 Å². The predicted molar refractivity (Wildman–Crippen MR) is 207 cm³/mol. The topological polar surface area (TPSA) is 51.8 Å². The van der Waals surface area contributed by atoms with Gasteiger partial charge in [-0.3, -0.25) is 0 Å². The molecule has 0 N–H and O–H groups in total. The molecule has 7 aromatic carbocycles. The van der Waals surface area contributed by atoms with Crippen LogP contribution in [0.5, 0.6) is 0 Å². The van der Waals surface area contributed by atoms with Crippen molar-refractivity contribution in [1.29, 1.82) is 0 Å². The van der Waals surface area contributed by atoms with Gasteiger partial charge < -0.3 is 4.42 Å². The van der Waals surface area contributed by atoms with Gasteiger partial charge in [-0.05, 0) is 52.5 Å². The van der Waals surface area contributed by atoms with E-state index in [4.69, 9.17) is 29.0 Å². The standard InChI is InChI=1S/C45H27N3OS/c1-2-11-28(12-3-1)29-23-25-30(26-24-29)43-46-44(48-45(47-43)37-19-9-18-35-34-15-4-6-20-38(34)49-42(35)37)32-14-8-13-31(27-32)33-17-10-22-40-41(33)36-16-5-7-21-39(36)50-40/h1-27H/i5D,7D,10D,16D,17D,21D,22D. The maximum Gasteiger partial charge on any atom is 0.167 e. The number of aromatic nitrogens is 3. The number of furan rings is 1. The van der Waals surface area contributed by atoms with Crippen molar-refractivity contribution >= 4 is 53.4 Å². The molecule has 0 bridgehead atoms. The van der Waals surface area contributed by atoms with E-state index < -0.39 is 6.04 Å². The van der Waals surface area contributed by atoms with E-state index in [0.717, 1.165) is 44.4 Å². The highest BCUT2D eigenvalue weighted by atomic mass is 32.1. The van der Waals surface area contributed by atoms with Crippen molar-refractivity contribution in [1.82, 2.24) is 15.0 Å². The van der Waals surface area contributed by atoms with E-state index in [1.165, 1.54) is 0 Å². The summed E-state index contributed by atoms with van der Waals surface area (Å²) in [5.74, 6) is 1.18. The maximum absolute atomic E-state index is 9.11. The molecular weight excluding hydrogens is 631 g/mol. The summed E-state index contributed by atoms with van der Waals surface area (Å²) in [4.78, 5) is 15.0. The zero-order chi connectivity index (χ0) is 39.1. The van der Waals surface area contributed by atoms with Gasteiger partial charge in [-0.2, -0.15) is 0 Å². The molecule has 10 rings (SSSR count). The van der Waals surface area contributed by atoms with Gasteiger partial charge in [-0.25, -0.2) is 15.0 Å². The van der Waals surface area contributed by atoms with Gasteiger partial charge in [0.1, 0.15) is 11.2 Å². The second-order valence-corrected chi connectivity index (χ2v) is 12.9. The molecule has 234 valence electrons. The van der Waals surface area contributed by atoms with Crippen LogP contribution in [-0.4, -0.2) is 15.0 Å². The summed E-state index contributed by atoms with van der Waals surface area (Å²) >= 11 is 1.04. The Morgan fingerprint density at radius 1 is 0.460 bits per heavy atom. The number of fused-ring (bicyclic) bond motifs is 6. The number of para-hydroxylation sites is 2. The zero-order valence-electron chi connectivity index (χ0n) is 33.2. The Labute approximate surface area is 301 Å². The predicted octanol–water partition coefficient (Wildman–Crippen LogP) is 12.5. The SMILES string of the molecule is [2H]c1c([2H])c([2H])c2c(sc3c([2H])c([2H])c([2H])c(-c4cccc(-c5nc(-c6ccc(-c7ccccc7)cc6)nc(-c6cccc7c6oc6ccccc67)n5)c4)c32)c1[2H]. The first kappa shape index (κ1) is 22.3. The van der Waals surface area contributed by atoms with Crippen LogP contribution in [0.25, 0.3) is 98.5 Å². The average molecular weight is 665 g/mol. The molecule has 0 atom stereocenters. The van der Waals surface area contributed by atoms with Gasteiger partial charge in [0.25, 0.3) is 0 Å². The van der Waals surface area contributed by atoms with Gasteiger partial charge in [-0.1, -0.05) is 133 Å². The lowest BCUT2D eigenvalue weighted by atomic mass is 9.98. The molecule has 50 heavy (non-hydrogen) atoms. The van der Waals surface area contributed by atoms with Crippen LogP contribution in [0.4, 0.5) is 0 Å². The maximum atomic E-state index is 9.11. The van der Waals surface area contributed by atoms with Crippen molar-refractivity contribution in [3.05, 3.63) is 164 Å². The quantitative estimate of drug-likeness (QED) is 0.184. The van der Waals surface area contributed by atoms with Gasteiger partial charge in [0.15, 0.2) is 17.5 Å². The summed E-state index contributed by atoms with van der Waals surface area (Å²) in [5, 5.41) is 2.48. The number of nitrogens with zero attached hydrogens (tertiary/aromatic N) is 3. The molecule has 3 heterocycles. The lowest BCUT2D eigenvalue weighted by Gasteiger charge is -2.11. The average Bonchev–Trinajstić information content (AvgIpc) is 3.84. The highest BCUT2D eigenvalue weighted by molar-refractivity contribution is 7.25. The molecular formula is C45H27N3OS. The first-order valence-electron chi connectivity index (χ1n) is 19.5. The highest BCUT2D eigenvalue weighted by Gasteiger charge is 2.18. The summed E-state index contributed by atoms with van der Waals surface area (Å²) in [6.07, 6.45) is 0. The van der Waals surface area contributed by atoms with Crippen molar-refractivity contribution in [2.45, 2.75) is 0 Å². The minimum absolute atomic E-state index is 0.197. The number of thiophene rings is 1. The third kappa shape index (κ3) is 4.79. The van der Waals surface area contributed by atoms with E-state index in [-0.39, 0.29) is 46.3 Å². The normalized spacial score (nSPS) is 13.6. The Hall–Kier alpha value is -6.43. The van der Waals surface area contributed by atoms with E-state index in [9.17, 15) is 0 Å². The fraction of sp³-hybridized carbons (Fsp3) is 0. The molecule has 0 saturated carbocycles. The molecule has 0 aliphatic heterocycles. The lowest BCUT2D eigenvalue weighted by molar-refractivity contribution is 0.669. The molecule has 0 radical (unpaired) electrons. The number of hydrogen-bond acceptors (Lipinski definition) is 5. The van der Waals surface area contributed by atoms with Crippen LogP contribution in [0.1, 0.15) is 9.60 Å². The van der Waals surface area contributed by atoms with Crippen LogP contribution < -0.4 is 0 Å². The molecule has 0 amide bonds. The molecule has 4 nitrogen and oxygen atoms in total. The molecule has 0 fully saturated rings. The van der Waals surface area contributed by atoms with Crippen molar-refractivity contribution in [3.8, 4) is 56.4 Å². The largest absolute Gasteiger partial charge is 0.455 e. The highest BCUT2D eigenvalue weighted by Crippen LogP contribution is 2.41. The summed E-state index contributed by atoms with van der Waals surface area (Å²) in [6.45, 7) is 0. The van der Waals surface area contributed by atoms with Crippen molar-refractivity contribution in [2.75, 3.05) is 0 Å². The smallest absolute Gasteiger partial charge is 0.167 e. The van der Waals surface area contributed by atoms with E-state index >= 15 is 0 Å². The molecule has 0 spiro atoms. The number of hydrogen-bond donors (Lipinski definition) is 0. The lowest BCUT2D eigenvalue weighted by Crippen LogP contribution is -2.00. The van der Waals surface area contributed by atoms with Crippen molar-refractivity contribution in [3.63, 3.8) is 0 Å². The van der Waals surface area contributed by atoms with Crippen LogP contribution in [-0.2, 0) is 0 Å². The minimum Gasteiger partial charge on any atom is -0.455 e. The van der Waals surface area contributed by atoms with Crippen LogP contribution in [0, 0.1) is 0 Å². The van der Waals surface area contributed by atoms with Gasteiger partial charge >= 0.3 is 0 Å². The molecule has 0 aliphatic carbocycles. The van der Waals surface area contributed by atoms with E-state index in [0.29, 0.717) is 55.4 Å². The fourth-order valence-electron chi connectivity index (χ4n) is 6.51. The number of benzene rings is 7. The zero-order valence-corrected chi connectivity index (χ0v) is 27.0. The molecule has 10 aromatic rings. The molecule has 0 aliphatic rings. The van der Waals surface area contributed by atoms with Gasteiger partial charge in [-0.15, -0.1) is 11.3 Å². The Kier molecular flexibility index (Phi) is 5.17. The van der Waals surface area contributed by atoms with Gasteiger partial charge in [0.2, 0.25) is 0 Å². The minimum atomic E-state index is -0.401. The van der Waals surface area contributed by atoms with Gasteiger partial charge in [0.05, 0.1) is 15.2 Å². The first-order chi connectivity index (χ1) is 27.7. The summed E-state index contributed by atoms with van der Waals surface area (Å²) < 4.78 is 67.7. The molecule has 5 heteroatoms.